The van der Waals surface area contributed by atoms with Crippen LogP contribution in [0.3, 0.4) is 0 Å². The summed E-state index contributed by atoms with van der Waals surface area (Å²) < 4.78 is 5.12. The second-order valence-corrected chi connectivity index (χ2v) is 6.86. The van der Waals surface area contributed by atoms with Gasteiger partial charge in [0, 0.05) is 31.0 Å². The molecule has 0 N–H and O–H groups in total. The van der Waals surface area contributed by atoms with Crippen molar-refractivity contribution < 1.29 is 14.3 Å². The minimum absolute atomic E-state index is 0.0801. The fourth-order valence-corrected chi connectivity index (χ4v) is 3.44. The van der Waals surface area contributed by atoms with Crippen LogP contribution in [0.25, 0.3) is 11.1 Å². The standard InChI is InChI=1S/C22H26N2O3/c1-3-16-7-9-17(10-8-16)19-12-20(14-23-13-19)21(25)24-11-5-6-18(15-24)22(26)27-4-2/h7-10,12-14,18H,3-6,11,15H2,1-2H3/t18-/m0/s1. The van der Waals surface area contributed by atoms with Crippen molar-refractivity contribution in [2.24, 2.45) is 5.92 Å². The molecule has 5 nitrogen and oxygen atoms in total. The molecule has 1 aromatic heterocycles. The van der Waals surface area contributed by atoms with E-state index in [4.69, 9.17) is 4.74 Å². The van der Waals surface area contributed by atoms with Gasteiger partial charge in [0.25, 0.3) is 5.91 Å². The quantitative estimate of drug-likeness (QED) is 0.757. The molecule has 0 aliphatic carbocycles. The summed E-state index contributed by atoms with van der Waals surface area (Å²) in [7, 11) is 0. The molecular weight excluding hydrogens is 340 g/mol. The van der Waals surface area contributed by atoms with Crippen molar-refractivity contribution in [3.8, 4) is 11.1 Å². The molecule has 1 atom stereocenters. The average Bonchev–Trinajstić information content (AvgIpc) is 2.73. The molecule has 2 heterocycles. The van der Waals surface area contributed by atoms with Gasteiger partial charge in [-0.1, -0.05) is 31.2 Å². The normalized spacial score (nSPS) is 16.8. The summed E-state index contributed by atoms with van der Waals surface area (Å²) in [5.41, 5.74) is 3.79. The van der Waals surface area contributed by atoms with Crippen molar-refractivity contribution in [1.82, 2.24) is 9.88 Å². The highest BCUT2D eigenvalue weighted by molar-refractivity contribution is 5.95. The van der Waals surface area contributed by atoms with Gasteiger partial charge >= 0.3 is 5.97 Å². The number of esters is 1. The number of carbonyl (C=O) groups excluding carboxylic acids is 2. The molecular formula is C22H26N2O3. The van der Waals surface area contributed by atoms with Gasteiger partial charge in [0.15, 0.2) is 0 Å². The summed E-state index contributed by atoms with van der Waals surface area (Å²) in [6.07, 6.45) is 5.94. The van der Waals surface area contributed by atoms with Gasteiger partial charge in [0.05, 0.1) is 18.1 Å². The number of carbonyl (C=O) groups is 2. The van der Waals surface area contributed by atoms with Gasteiger partial charge < -0.3 is 9.64 Å². The molecule has 0 saturated carbocycles. The second-order valence-electron chi connectivity index (χ2n) is 6.86. The molecule has 1 aliphatic heterocycles. The highest BCUT2D eigenvalue weighted by Gasteiger charge is 2.30. The first-order valence-corrected chi connectivity index (χ1v) is 9.62. The topological polar surface area (TPSA) is 59.5 Å². The molecule has 1 saturated heterocycles. The Hall–Kier alpha value is -2.69. The first-order chi connectivity index (χ1) is 13.1. The van der Waals surface area contributed by atoms with E-state index in [2.05, 4.69) is 36.2 Å². The lowest BCUT2D eigenvalue weighted by atomic mass is 9.97. The monoisotopic (exact) mass is 366 g/mol. The number of pyridine rings is 1. The van der Waals surface area contributed by atoms with E-state index in [1.807, 2.05) is 6.07 Å². The Labute approximate surface area is 160 Å². The minimum Gasteiger partial charge on any atom is -0.466 e. The molecule has 1 amide bonds. The number of hydrogen-bond donors (Lipinski definition) is 0. The van der Waals surface area contributed by atoms with Crippen molar-refractivity contribution in [2.75, 3.05) is 19.7 Å². The maximum Gasteiger partial charge on any atom is 0.310 e. The van der Waals surface area contributed by atoms with Crippen LogP contribution in [0.2, 0.25) is 0 Å². The number of likely N-dealkylation sites (tertiary alicyclic amines) is 1. The van der Waals surface area contributed by atoms with Crippen LogP contribution in [0.4, 0.5) is 0 Å². The van der Waals surface area contributed by atoms with Gasteiger partial charge in [-0.15, -0.1) is 0 Å². The Balaban J connectivity index is 1.75. The Morgan fingerprint density at radius 1 is 1.15 bits per heavy atom. The third kappa shape index (κ3) is 4.54. The fourth-order valence-electron chi connectivity index (χ4n) is 3.44. The Bertz CT molecular complexity index is 801. The largest absolute Gasteiger partial charge is 0.466 e. The Kier molecular flexibility index (Phi) is 6.22. The zero-order valence-corrected chi connectivity index (χ0v) is 16.0. The van der Waals surface area contributed by atoms with Crippen LogP contribution >= 0.6 is 0 Å². The maximum atomic E-state index is 12.9. The number of aryl methyl sites for hydroxylation is 1. The van der Waals surface area contributed by atoms with Crippen molar-refractivity contribution in [2.45, 2.75) is 33.1 Å². The third-order valence-electron chi connectivity index (χ3n) is 5.01. The summed E-state index contributed by atoms with van der Waals surface area (Å²) in [5, 5.41) is 0. The van der Waals surface area contributed by atoms with E-state index >= 15 is 0 Å². The number of amides is 1. The van der Waals surface area contributed by atoms with E-state index in [9.17, 15) is 9.59 Å². The molecule has 1 fully saturated rings. The van der Waals surface area contributed by atoms with Gasteiger partial charge in [-0.2, -0.15) is 0 Å². The molecule has 1 aromatic carbocycles. The number of nitrogens with zero attached hydrogens (tertiary/aromatic N) is 2. The average molecular weight is 366 g/mol. The molecule has 1 aliphatic rings. The fraction of sp³-hybridized carbons (Fsp3) is 0.409. The van der Waals surface area contributed by atoms with Crippen molar-refractivity contribution in [1.29, 1.82) is 0 Å². The van der Waals surface area contributed by atoms with Crippen molar-refractivity contribution in [3.63, 3.8) is 0 Å². The molecule has 0 radical (unpaired) electrons. The van der Waals surface area contributed by atoms with E-state index in [1.54, 1.807) is 24.2 Å². The van der Waals surface area contributed by atoms with E-state index in [0.717, 1.165) is 30.4 Å². The van der Waals surface area contributed by atoms with Crippen molar-refractivity contribution in [3.05, 3.63) is 53.9 Å². The molecule has 0 bridgehead atoms. The summed E-state index contributed by atoms with van der Waals surface area (Å²) in [4.78, 5) is 31.0. The number of rotatable bonds is 5. The maximum absolute atomic E-state index is 12.9. The predicted octanol–water partition coefficient (Wildman–Crippen LogP) is 3.73. The summed E-state index contributed by atoms with van der Waals surface area (Å²) in [6.45, 7) is 5.36. The molecule has 2 aromatic rings. The summed E-state index contributed by atoms with van der Waals surface area (Å²) in [5.74, 6) is -0.526. The van der Waals surface area contributed by atoms with Gasteiger partial charge in [-0.3, -0.25) is 14.6 Å². The molecule has 142 valence electrons. The number of piperidine rings is 1. The Morgan fingerprint density at radius 2 is 1.93 bits per heavy atom. The SMILES string of the molecule is CCOC(=O)[C@H]1CCCN(C(=O)c2cncc(-c3ccc(CC)cc3)c2)C1. The molecule has 0 unspecified atom stereocenters. The lowest BCUT2D eigenvalue weighted by molar-refractivity contribution is -0.149. The number of benzene rings is 1. The number of aromatic nitrogens is 1. The van der Waals surface area contributed by atoms with Crippen LogP contribution < -0.4 is 0 Å². The first kappa shape index (κ1) is 19.1. The zero-order valence-electron chi connectivity index (χ0n) is 16.0. The molecule has 27 heavy (non-hydrogen) atoms. The van der Waals surface area contributed by atoms with Gasteiger partial charge in [-0.05, 0) is 43.4 Å². The van der Waals surface area contributed by atoms with Gasteiger partial charge in [0.2, 0.25) is 0 Å². The van der Waals surface area contributed by atoms with Gasteiger partial charge in [-0.25, -0.2) is 0 Å². The highest BCUT2D eigenvalue weighted by atomic mass is 16.5. The van der Waals surface area contributed by atoms with Crippen LogP contribution in [0, 0.1) is 5.92 Å². The van der Waals surface area contributed by atoms with E-state index in [-0.39, 0.29) is 17.8 Å². The van der Waals surface area contributed by atoms with E-state index in [0.29, 0.717) is 25.3 Å². The smallest absolute Gasteiger partial charge is 0.310 e. The third-order valence-corrected chi connectivity index (χ3v) is 5.01. The number of ether oxygens (including phenoxy) is 1. The van der Waals surface area contributed by atoms with E-state index in [1.165, 1.54) is 5.56 Å². The molecule has 3 rings (SSSR count). The second kappa shape index (κ2) is 8.80. The molecule has 0 spiro atoms. The van der Waals surface area contributed by atoms with E-state index < -0.39 is 0 Å². The van der Waals surface area contributed by atoms with Crippen LogP contribution in [0.1, 0.15) is 42.6 Å². The summed E-state index contributed by atoms with van der Waals surface area (Å²) in [6, 6.07) is 10.2. The van der Waals surface area contributed by atoms with Crippen molar-refractivity contribution >= 4 is 11.9 Å². The lowest BCUT2D eigenvalue weighted by Crippen LogP contribution is -2.42. The first-order valence-electron chi connectivity index (χ1n) is 9.62. The van der Waals surface area contributed by atoms with Crippen LogP contribution in [0.15, 0.2) is 42.7 Å². The predicted molar refractivity (Wildman–Crippen MR) is 104 cm³/mol. The van der Waals surface area contributed by atoms with Gasteiger partial charge in [0.1, 0.15) is 0 Å². The lowest BCUT2D eigenvalue weighted by Gasteiger charge is -2.31. The van der Waals surface area contributed by atoms with Crippen LogP contribution in [0.5, 0.6) is 0 Å². The summed E-state index contributed by atoms with van der Waals surface area (Å²) >= 11 is 0. The highest BCUT2D eigenvalue weighted by Crippen LogP contribution is 2.23. The Morgan fingerprint density at radius 3 is 2.63 bits per heavy atom. The number of hydrogen-bond acceptors (Lipinski definition) is 4. The van der Waals surface area contributed by atoms with Crippen LogP contribution in [-0.2, 0) is 16.0 Å². The minimum atomic E-state index is -0.236. The van der Waals surface area contributed by atoms with Crippen LogP contribution in [-0.4, -0.2) is 41.5 Å². The zero-order chi connectivity index (χ0) is 19.2. The molecule has 5 heteroatoms.